The molecule has 0 atom stereocenters. The zero-order chi connectivity index (χ0) is 40.8. The van der Waals surface area contributed by atoms with Crippen molar-refractivity contribution >= 4 is 69.8 Å². The van der Waals surface area contributed by atoms with Crippen molar-refractivity contribution in [3.8, 4) is 22.9 Å². The van der Waals surface area contributed by atoms with E-state index in [-0.39, 0.29) is 50.0 Å². The fourth-order valence-electron chi connectivity index (χ4n) is 5.48. The van der Waals surface area contributed by atoms with Crippen LogP contribution in [-0.4, -0.2) is 73.0 Å². The Morgan fingerprint density at radius 2 is 1.09 bits per heavy atom. The Hall–Kier alpha value is -4.99. The lowest BCUT2D eigenvalue weighted by Gasteiger charge is -2.17. The molecule has 56 heavy (non-hydrogen) atoms. The predicted molar refractivity (Wildman–Crippen MR) is 219 cm³/mol. The molecule has 4 rings (SSSR count). The van der Waals surface area contributed by atoms with Gasteiger partial charge in [-0.15, -0.1) is 0 Å². The molecule has 0 radical (unpaired) electrons. The Morgan fingerprint density at radius 3 is 1.55 bits per heavy atom. The van der Waals surface area contributed by atoms with Crippen molar-refractivity contribution in [1.29, 1.82) is 0 Å². The largest absolute Gasteiger partial charge is 0.478 e. The molecule has 14 nitrogen and oxygen atoms in total. The number of pyridine rings is 2. The number of anilines is 2. The Balaban J connectivity index is 1.52. The van der Waals surface area contributed by atoms with Crippen LogP contribution < -0.4 is 41.4 Å². The highest BCUT2D eigenvalue weighted by atomic mass is 35.5. The summed E-state index contributed by atoms with van der Waals surface area (Å²) < 4.78 is 11.4. The maximum absolute atomic E-state index is 13.6. The monoisotopic (exact) mass is 826 g/mol. The topological polar surface area (TPSA) is 185 Å². The van der Waals surface area contributed by atoms with E-state index in [0.29, 0.717) is 91.7 Å². The Bertz CT molecular complexity index is 1920. The van der Waals surface area contributed by atoms with Crippen molar-refractivity contribution in [3.63, 3.8) is 0 Å². The maximum atomic E-state index is 13.6. The van der Waals surface area contributed by atoms with Crippen LogP contribution in [0.2, 0.25) is 15.1 Å². The van der Waals surface area contributed by atoms with Crippen molar-refractivity contribution < 1.29 is 28.7 Å². The van der Waals surface area contributed by atoms with Gasteiger partial charge >= 0.3 is 0 Å². The maximum Gasteiger partial charge on any atom is 0.276 e. The van der Waals surface area contributed by atoms with Crippen LogP contribution in [0.15, 0.2) is 48.5 Å². The predicted octanol–water partition coefficient (Wildman–Crippen LogP) is 6.17. The second-order valence-electron chi connectivity index (χ2n) is 12.3. The Labute approximate surface area is 340 Å². The first kappa shape index (κ1) is 43.7. The Morgan fingerprint density at radius 1 is 0.643 bits per heavy atom. The summed E-state index contributed by atoms with van der Waals surface area (Å²) in [6, 6.07) is 13.8. The van der Waals surface area contributed by atoms with Crippen LogP contribution in [-0.2, 0) is 22.7 Å². The second-order valence-corrected chi connectivity index (χ2v) is 13.5. The molecule has 0 aliphatic carbocycles. The third-order valence-electron chi connectivity index (χ3n) is 8.12. The number of carbonyl (C=O) groups is 4. The number of aromatic nitrogens is 2. The van der Waals surface area contributed by atoms with Gasteiger partial charge in [0.05, 0.1) is 34.0 Å². The molecule has 4 amide bonds. The number of carbonyl (C=O) groups excluding carboxylic acids is 4. The zero-order valence-corrected chi connectivity index (χ0v) is 34.0. The third-order valence-corrected chi connectivity index (χ3v) is 9.11. The number of ether oxygens (including phenoxy) is 2. The minimum atomic E-state index is -0.597. The summed E-state index contributed by atoms with van der Waals surface area (Å²) in [5.41, 5.74) is 4.02. The van der Waals surface area contributed by atoms with Crippen LogP contribution in [0.3, 0.4) is 0 Å². The minimum Gasteiger partial charge on any atom is -0.478 e. The standard InChI is InChI=1S/C39H45Cl3N8O6/c1-6-55-38-25(20-43-14-16-45-23(4)51)18-29(40)34(49-38)36(53)47-31-12-8-10-27(22(31)3)28-11-9-13-32(33(28)42)48-37(54)35-30(41)19-26(39(50-35)56-7-2)21-44-15-17-46-24(5)52/h8-13,18-19,43-44H,6-7,14-17,20-21H2,1-5H3,(H,45,51)(H,46,52)(H,47,53)(H,48,54). The fraction of sp³-hybridized carbons (Fsp3) is 0.333. The van der Waals surface area contributed by atoms with E-state index in [1.165, 1.54) is 13.8 Å². The van der Waals surface area contributed by atoms with Crippen molar-refractivity contribution in [2.45, 2.75) is 47.7 Å². The van der Waals surface area contributed by atoms with Crippen molar-refractivity contribution in [3.05, 3.63) is 91.7 Å². The number of hydrogen-bond acceptors (Lipinski definition) is 10. The van der Waals surface area contributed by atoms with Gasteiger partial charge in [-0.1, -0.05) is 59.1 Å². The number of hydrogen-bond donors (Lipinski definition) is 6. The molecule has 0 unspecified atom stereocenters. The van der Waals surface area contributed by atoms with Gasteiger partial charge in [0.1, 0.15) is 0 Å². The lowest BCUT2D eigenvalue weighted by molar-refractivity contribution is -0.119. The highest BCUT2D eigenvalue weighted by molar-refractivity contribution is 6.37. The molecule has 0 aliphatic heterocycles. The van der Waals surface area contributed by atoms with Crippen LogP contribution in [0.25, 0.3) is 11.1 Å². The molecule has 0 spiro atoms. The summed E-state index contributed by atoms with van der Waals surface area (Å²) in [4.78, 5) is 58.3. The van der Waals surface area contributed by atoms with E-state index in [4.69, 9.17) is 44.3 Å². The van der Waals surface area contributed by atoms with E-state index in [9.17, 15) is 19.2 Å². The highest BCUT2D eigenvalue weighted by Gasteiger charge is 2.22. The third kappa shape index (κ3) is 12.0. The van der Waals surface area contributed by atoms with Gasteiger partial charge < -0.3 is 41.4 Å². The number of nitrogens with zero attached hydrogens (tertiary/aromatic N) is 2. The molecule has 4 aromatic rings. The molecule has 2 aromatic carbocycles. The summed E-state index contributed by atoms with van der Waals surface area (Å²) in [5.74, 6) is -0.876. The second kappa shape index (κ2) is 21.3. The smallest absolute Gasteiger partial charge is 0.276 e. The molecule has 2 aromatic heterocycles. The first-order valence-corrected chi connectivity index (χ1v) is 19.0. The van der Waals surface area contributed by atoms with Gasteiger partial charge in [0, 0.05) is 75.5 Å². The SMILES string of the molecule is CCOc1nc(C(=O)Nc2cccc(-c3cccc(NC(=O)c4nc(OCC)c(CNCCNC(C)=O)cc4Cl)c3Cl)c2C)c(Cl)cc1CNCCNC(C)=O. The van der Waals surface area contributed by atoms with Gasteiger partial charge in [-0.3, -0.25) is 19.2 Å². The first-order valence-electron chi connectivity index (χ1n) is 17.9. The first-order chi connectivity index (χ1) is 26.8. The van der Waals surface area contributed by atoms with Gasteiger partial charge in [-0.25, -0.2) is 9.97 Å². The lowest BCUT2D eigenvalue weighted by atomic mass is 9.98. The fourth-order valence-corrected chi connectivity index (χ4v) is 6.27. The average molecular weight is 828 g/mol. The summed E-state index contributed by atoms with van der Waals surface area (Å²) in [7, 11) is 0. The molecule has 0 bridgehead atoms. The molecule has 0 saturated carbocycles. The molecule has 0 fully saturated rings. The average Bonchev–Trinajstić information content (AvgIpc) is 3.14. The highest BCUT2D eigenvalue weighted by Crippen LogP contribution is 2.38. The number of halogens is 3. The molecular formula is C39H45Cl3N8O6. The van der Waals surface area contributed by atoms with Crippen molar-refractivity contribution in [2.75, 3.05) is 50.0 Å². The van der Waals surface area contributed by atoms with E-state index in [2.05, 4.69) is 41.9 Å². The van der Waals surface area contributed by atoms with Gasteiger partial charge in [-0.2, -0.15) is 0 Å². The van der Waals surface area contributed by atoms with E-state index in [1.54, 1.807) is 49.4 Å². The van der Waals surface area contributed by atoms with Crippen molar-refractivity contribution in [1.82, 2.24) is 31.2 Å². The van der Waals surface area contributed by atoms with Crippen LogP contribution in [0, 0.1) is 6.92 Å². The Kier molecular flexibility index (Phi) is 16.7. The summed E-state index contributed by atoms with van der Waals surface area (Å²) >= 11 is 20.0. The molecule has 2 heterocycles. The number of benzene rings is 2. The molecule has 298 valence electrons. The summed E-state index contributed by atoms with van der Waals surface area (Å²) in [5, 5.41) is 18.0. The molecule has 0 aliphatic rings. The quantitative estimate of drug-likeness (QED) is 0.0598. The molecular weight excluding hydrogens is 783 g/mol. The number of rotatable bonds is 19. The number of nitrogens with one attached hydrogen (secondary N) is 6. The van der Waals surface area contributed by atoms with Crippen molar-refractivity contribution in [2.24, 2.45) is 0 Å². The van der Waals surface area contributed by atoms with Crippen LogP contribution in [0.4, 0.5) is 11.4 Å². The van der Waals surface area contributed by atoms with E-state index < -0.39 is 11.8 Å². The van der Waals surface area contributed by atoms with Gasteiger partial charge in [-0.05, 0) is 56.2 Å². The zero-order valence-electron chi connectivity index (χ0n) is 31.8. The lowest BCUT2D eigenvalue weighted by Crippen LogP contribution is -2.30. The van der Waals surface area contributed by atoms with Gasteiger partial charge in [0.25, 0.3) is 11.8 Å². The van der Waals surface area contributed by atoms with E-state index in [1.807, 2.05) is 19.9 Å². The molecule has 17 heteroatoms. The van der Waals surface area contributed by atoms with Crippen LogP contribution in [0.5, 0.6) is 11.8 Å². The summed E-state index contributed by atoms with van der Waals surface area (Å²) in [6.07, 6.45) is 0. The van der Waals surface area contributed by atoms with E-state index >= 15 is 0 Å². The van der Waals surface area contributed by atoms with Gasteiger partial charge in [0.15, 0.2) is 11.4 Å². The van der Waals surface area contributed by atoms with Crippen LogP contribution >= 0.6 is 34.8 Å². The van der Waals surface area contributed by atoms with Gasteiger partial charge in [0.2, 0.25) is 23.6 Å². The minimum absolute atomic E-state index is 0.0179. The normalized spacial score (nSPS) is 10.8. The molecule has 6 N–H and O–H groups in total. The summed E-state index contributed by atoms with van der Waals surface area (Å²) in [6.45, 7) is 11.6. The van der Waals surface area contributed by atoms with E-state index in [0.717, 1.165) is 0 Å². The van der Waals surface area contributed by atoms with Crippen LogP contribution in [0.1, 0.15) is 65.4 Å². The number of amides is 4. The molecule has 0 saturated heterocycles.